The fourth-order valence-corrected chi connectivity index (χ4v) is 5.50. The monoisotopic (exact) mass is 642 g/mol. The number of hydrogen-bond acceptors (Lipinski definition) is 6. The fraction of sp³-hybridized carbons (Fsp3) is 0.800. The topological polar surface area (TPSA) is 131 Å². The number of amides is 1. The quantitative estimate of drug-likeness (QED) is 0.0328. The number of unbranched alkanes of at least 4 members (excludes halogenated alkanes) is 16. The van der Waals surface area contributed by atoms with Crippen LogP contribution in [0.15, 0.2) is 36.5 Å². The Morgan fingerprint density at radius 2 is 1.25 bits per heavy atom. The molecule has 0 fully saturated rings. The smallest absolute Gasteiger partial charge is 0.387 e. The maximum Gasteiger partial charge on any atom is 0.472 e. The number of nitrogens with two attached hydrogens (primary N) is 1. The van der Waals surface area contributed by atoms with Crippen molar-refractivity contribution in [3.05, 3.63) is 36.5 Å². The summed E-state index contributed by atoms with van der Waals surface area (Å²) in [7, 11) is -4.33. The number of carbonyl (C=O) groups is 1. The van der Waals surface area contributed by atoms with Gasteiger partial charge in [-0.2, -0.15) is 0 Å². The molecular formula is C35H67N2O6P. The van der Waals surface area contributed by atoms with E-state index in [2.05, 4.69) is 43.5 Å². The van der Waals surface area contributed by atoms with Crippen LogP contribution < -0.4 is 11.1 Å². The van der Waals surface area contributed by atoms with Gasteiger partial charge >= 0.3 is 7.82 Å². The van der Waals surface area contributed by atoms with Crippen LogP contribution >= 0.6 is 7.82 Å². The van der Waals surface area contributed by atoms with Crippen LogP contribution in [0, 0.1) is 0 Å². The molecule has 0 bridgehead atoms. The third kappa shape index (κ3) is 29.4. The third-order valence-corrected chi connectivity index (χ3v) is 8.40. The lowest BCUT2D eigenvalue weighted by atomic mass is 10.1. The number of nitrogens with one attached hydrogen (secondary N) is 1. The Labute approximate surface area is 269 Å². The molecule has 258 valence electrons. The van der Waals surface area contributed by atoms with Crippen molar-refractivity contribution in [2.75, 3.05) is 19.8 Å². The Bertz CT molecular complexity index is 789. The molecule has 0 radical (unpaired) electrons. The zero-order valence-corrected chi connectivity index (χ0v) is 29.0. The van der Waals surface area contributed by atoms with E-state index in [1.165, 1.54) is 83.5 Å². The second kappa shape index (κ2) is 31.7. The first-order valence-electron chi connectivity index (χ1n) is 17.6. The lowest BCUT2D eigenvalue weighted by molar-refractivity contribution is -0.123. The van der Waals surface area contributed by atoms with Crippen molar-refractivity contribution in [1.29, 1.82) is 0 Å². The maximum atomic E-state index is 12.6. The standard InChI is InChI=1S/C35H67N2O6P/c1-3-5-7-9-11-12-13-14-15-16-17-18-19-20-21-23-25-27-29-35(39)37-33(32-43-44(40,41)42-31-30-36)34(38)28-26-24-22-10-8-6-4-2/h8,10,15-16,26,28,33-34,38H,3-7,9,11-14,17-25,27,29-32,36H2,1-2H3,(H,37,39)(H,40,41)/b10-8+,16-15-,28-26+. The van der Waals surface area contributed by atoms with E-state index in [1.54, 1.807) is 6.08 Å². The summed E-state index contributed by atoms with van der Waals surface area (Å²) in [6, 6.07) is -0.874. The fourth-order valence-electron chi connectivity index (χ4n) is 4.74. The van der Waals surface area contributed by atoms with Crippen LogP contribution in [0.2, 0.25) is 0 Å². The van der Waals surface area contributed by atoms with E-state index in [-0.39, 0.29) is 25.7 Å². The molecule has 9 heteroatoms. The zero-order valence-electron chi connectivity index (χ0n) is 28.1. The lowest BCUT2D eigenvalue weighted by Gasteiger charge is -2.23. The van der Waals surface area contributed by atoms with E-state index < -0.39 is 20.0 Å². The molecule has 0 aliphatic rings. The highest BCUT2D eigenvalue weighted by Crippen LogP contribution is 2.43. The molecule has 44 heavy (non-hydrogen) atoms. The first-order valence-corrected chi connectivity index (χ1v) is 19.1. The van der Waals surface area contributed by atoms with E-state index in [9.17, 15) is 19.4 Å². The highest BCUT2D eigenvalue weighted by Gasteiger charge is 2.26. The van der Waals surface area contributed by atoms with Gasteiger partial charge in [-0.15, -0.1) is 0 Å². The van der Waals surface area contributed by atoms with Crippen LogP contribution in [0.3, 0.4) is 0 Å². The van der Waals surface area contributed by atoms with Crippen molar-refractivity contribution in [2.24, 2.45) is 5.73 Å². The Hall–Kier alpha value is -1.28. The summed E-state index contributed by atoms with van der Waals surface area (Å²) < 4.78 is 21.9. The van der Waals surface area contributed by atoms with Gasteiger partial charge in [-0.25, -0.2) is 4.57 Å². The van der Waals surface area contributed by atoms with Crippen LogP contribution in [-0.2, 0) is 18.4 Å². The molecule has 0 saturated heterocycles. The van der Waals surface area contributed by atoms with E-state index in [4.69, 9.17) is 14.8 Å². The Kier molecular flexibility index (Phi) is 30.8. The first-order chi connectivity index (χ1) is 21.4. The number of allylic oxidation sites excluding steroid dienone is 5. The summed E-state index contributed by atoms with van der Waals surface area (Å²) in [5.74, 6) is -0.215. The van der Waals surface area contributed by atoms with Gasteiger partial charge in [0.05, 0.1) is 25.4 Å². The molecule has 0 heterocycles. The molecule has 8 nitrogen and oxygen atoms in total. The van der Waals surface area contributed by atoms with Crippen molar-refractivity contribution in [1.82, 2.24) is 5.32 Å². The molecule has 0 saturated carbocycles. The number of aliphatic hydroxyl groups excluding tert-OH is 1. The summed E-state index contributed by atoms with van der Waals surface area (Å²) in [5.41, 5.74) is 5.32. The second-order valence-corrected chi connectivity index (χ2v) is 13.2. The summed E-state index contributed by atoms with van der Waals surface area (Å²) in [6.07, 6.45) is 35.0. The number of carbonyl (C=O) groups excluding carboxylic acids is 1. The second-order valence-electron chi connectivity index (χ2n) is 11.7. The molecule has 3 atom stereocenters. The van der Waals surface area contributed by atoms with Crippen molar-refractivity contribution < 1.29 is 28.4 Å². The van der Waals surface area contributed by atoms with Gasteiger partial charge in [0, 0.05) is 13.0 Å². The number of phosphoric ester groups is 1. The van der Waals surface area contributed by atoms with Crippen molar-refractivity contribution >= 4 is 13.7 Å². The minimum atomic E-state index is -4.33. The highest BCUT2D eigenvalue weighted by molar-refractivity contribution is 7.47. The van der Waals surface area contributed by atoms with Gasteiger partial charge in [-0.3, -0.25) is 13.8 Å². The van der Waals surface area contributed by atoms with Gasteiger partial charge in [-0.05, 0) is 51.4 Å². The van der Waals surface area contributed by atoms with Gasteiger partial charge in [0.2, 0.25) is 5.91 Å². The van der Waals surface area contributed by atoms with E-state index in [1.807, 2.05) is 6.08 Å². The van der Waals surface area contributed by atoms with Crippen LogP contribution in [0.4, 0.5) is 0 Å². The number of aliphatic hydroxyl groups is 1. The molecular weight excluding hydrogens is 575 g/mol. The largest absolute Gasteiger partial charge is 0.472 e. The summed E-state index contributed by atoms with van der Waals surface area (Å²) in [4.78, 5) is 22.4. The molecule has 0 aromatic heterocycles. The minimum absolute atomic E-state index is 0.0723. The highest BCUT2D eigenvalue weighted by atomic mass is 31.2. The van der Waals surface area contributed by atoms with E-state index in [0.717, 1.165) is 44.9 Å². The van der Waals surface area contributed by atoms with Gasteiger partial charge in [0.1, 0.15) is 0 Å². The SMILES string of the molecule is CCC/C=C/CC/C=C/C(O)C(COP(=O)(O)OCCN)NC(=O)CCCCCCCCC/C=C\CCCCCCCCC. The number of hydrogen-bond donors (Lipinski definition) is 4. The van der Waals surface area contributed by atoms with Crippen LogP contribution in [-0.4, -0.2) is 47.8 Å². The van der Waals surface area contributed by atoms with Gasteiger partial charge in [-0.1, -0.05) is 127 Å². The summed E-state index contributed by atoms with van der Waals surface area (Å²) in [6.45, 7) is 3.97. The van der Waals surface area contributed by atoms with E-state index >= 15 is 0 Å². The molecule has 3 unspecified atom stereocenters. The lowest BCUT2D eigenvalue weighted by Crippen LogP contribution is -2.45. The summed E-state index contributed by atoms with van der Waals surface area (Å²) >= 11 is 0. The average molecular weight is 643 g/mol. The summed E-state index contributed by atoms with van der Waals surface area (Å²) in [5, 5.41) is 13.4. The average Bonchev–Trinajstić information content (AvgIpc) is 3.01. The molecule has 0 aromatic carbocycles. The molecule has 0 rings (SSSR count). The van der Waals surface area contributed by atoms with E-state index in [0.29, 0.717) is 6.42 Å². The Balaban J connectivity index is 4.20. The van der Waals surface area contributed by atoms with Gasteiger partial charge in [0.25, 0.3) is 0 Å². The molecule has 0 aliphatic heterocycles. The van der Waals surface area contributed by atoms with Gasteiger partial charge in [0.15, 0.2) is 0 Å². The number of phosphoric acid groups is 1. The van der Waals surface area contributed by atoms with Crippen LogP contribution in [0.5, 0.6) is 0 Å². The predicted octanol–water partition coefficient (Wildman–Crippen LogP) is 8.82. The van der Waals surface area contributed by atoms with Crippen molar-refractivity contribution in [2.45, 2.75) is 161 Å². The maximum absolute atomic E-state index is 12.6. The Morgan fingerprint density at radius 3 is 1.84 bits per heavy atom. The molecule has 1 amide bonds. The predicted molar refractivity (Wildman–Crippen MR) is 184 cm³/mol. The minimum Gasteiger partial charge on any atom is -0.387 e. The van der Waals surface area contributed by atoms with Crippen LogP contribution in [0.1, 0.15) is 149 Å². The molecule has 0 spiro atoms. The molecule has 0 aliphatic carbocycles. The Morgan fingerprint density at radius 1 is 0.727 bits per heavy atom. The van der Waals surface area contributed by atoms with Crippen molar-refractivity contribution in [3.63, 3.8) is 0 Å². The van der Waals surface area contributed by atoms with Gasteiger partial charge < -0.3 is 21.1 Å². The molecule has 0 aromatic rings. The van der Waals surface area contributed by atoms with Crippen molar-refractivity contribution in [3.8, 4) is 0 Å². The number of rotatable bonds is 32. The normalized spacial score (nSPS) is 14.9. The third-order valence-electron chi connectivity index (χ3n) is 7.42. The van der Waals surface area contributed by atoms with Crippen LogP contribution in [0.25, 0.3) is 0 Å². The molecule has 5 N–H and O–H groups in total. The zero-order chi connectivity index (χ0) is 32.6. The first kappa shape index (κ1) is 42.7.